The highest BCUT2D eigenvalue weighted by atomic mass is 35.5. The molecule has 0 saturated carbocycles. The molecule has 128 valence electrons. The minimum Gasteiger partial charge on any atom is -0.492 e. The van der Waals surface area contributed by atoms with Crippen molar-refractivity contribution in [2.24, 2.45) is 0 Å². The van der Waals surface area contributed by atoms with Crippen molar-refractivity contribution in [3.05, 3.63) is 34.3 Å². The van der Waals surface area contributed by atoms with Gasteiger partial charge in [0, 0.05) is 16.9 Å². The van der Waals surface area contributed by atoms with Gasteiger partial charge in [0.15, 0.2) is 5.69 Å². The molecule has 0 unspecified atom stereocenters. The average Bonchev–Trinajstić information content (AvgIpc) is 3.07. The molecule has 24 heavy (non-hydrogen) atoms. The Hall–Kier alpha value is -1.63. The molecule has 1 aromatic heterocycles. The molecule has 1 aliphatic heterocycles. The number of benzene rings is 1. The molecule has 1 saturated heterocycles. The van der Waals surface area contributed by atoms with Crippen molar-refractivity contribution in [2.45, 2.75) is 19.3 Å². The smallest absolute Gasteiger partial charge is 0.355 e. The Morgan fingerprint density at radius 2 is 2.12 bits per heavy atom. The Kier molecular flexibility index (Phi) is 5.71. The summed E-state index contributed by atoms with van der Waals surface area (Å²) in [6, 6.07) is 5.35. The second-order valence-electron chi connectivity index (χ2n) is 5.73. The number of aromatic carboxylic acids is 1. The van der Waals surface area contributed by atoms with Crippen LogP contribution in [0.1, 0.15) is 29.8 Å². The van der Waals surface area contributed by atoms with Crippen LogP contribution in [0.25, 0.3) is 10.6 Å². The van der Waals surface area contributed by atoms with E-state index in [1.54, 1.807) is 12.1 Å². The lowest BCUT2D eigenvalue weighted by atomic mass is 10.1. The molecule has 3 rings (SSSR count). The van der Waals surface area contributed by atoms with Crippen LogP contribution in [0.15, 0.2) is 23.6 Å². The highest BCUT2D eigenvalue weighted by Crippen LogP contribution is 2.34. The fraction of sp³-hybridized carbons (Fsp3) is 0.412. The second-order valence-corrected chi connectivity index (χ2v) is 7.03. The summed E-state index contributed by atoms with van der Waals surface area (Å²) in [5.74, 6) is -0.352. The molecule has 0 bridgehead atoms. The van der Waals surface area contributed by atoms with Crippen molar-refractivity contribution in [1.29, 1.82) is 0 Å². The number of nitrogens with zero attached hydrogens (tertiary/aromatic N) is 2. The Bertz CT molecular complexity index is 714. The van der Waals surface area contributed by atoms with E-state index in [1.807, 2.05) is 6.07 Å². The monoisotopic (exact) mass is 366 g/mol. The van der Waals surface area contributed by atoms with E-state index in [0.717, 1.165) is 25.2 Å². The number of halogens is 1. The zero-order valence-electron chi connectivity index (χ0n) is 13.2. The molecule has 1 aliphatic rings. The summed E-state index contributed by atoms with van der Waals surface area (Å²) in [6.07, 6.45) is 3.82. The standard InChI is InChI=1S/C17H19ClN2O3S/c18-12-4-5-15(23-9-8-20-6-2-1-3-7-20)13(10-12)16-19-14(11-24-16)17(21)22/h4-5,10-11H,1-3,6-9H2,(H,21,22). The largest absolute Gasteiger partial charge is 0.492 e. The molecular formula is C17H19ClN2O3S. The van der Waals surface area contributed by atoms with Crippen LogP contribution in [0.3, 0.4) is 0 Å². The third-order valence-corrected chi connectivity index (χ3v) is 5.12. The van der Waals surface area contributed by atoms with Crippen LogP contribution in [-0.4, -0.2) is 47.2 Å². The summed E-state index contributed by atoms with van der Waals surface area (Å²) in [7, 11) is 0. The van der Waals surface area contributed by atoms with Crippen LogP contribution >= 0.6 is 22.9 Å². The summed E-state index contributed by atoms with van der Waals surface area (Å²) < 4.78 is 5.94. The van der Waals surface area contributed by atoms with Crippen molar-refractivity contribution in [3.8, 4) is 16.3 Å². The molecule has 1 aromatic carbocycles. The van der Waals surface area contributed by atoms with E-state index in [9.17, 15) is 4.79 Å². The molecule has 2 heterocycles. The first-order valence-corrected chi connectivity index (χ1v) is 9.23. The van der Waals surface area contributed by atoms with E-state index in [2.05, 4.69) is 9.88 Å². The first-order valence-electron chi connectivity index (χ1n) is 7.97. The lowest BCUT2D eigenvalue weighted by Crippen LogP contribution is -2.33. The van der Waals surface area contributed by atoms with Gasteiger partial charge in [-0.2, -0.15) is 0 Å². The van der Waals surface area contributed by atoms with E-state index in [-0.39, 0.29) is 5.69 Å². The third-order valence-electron chi connectivity index (χ3n) is 4.01. The van der Waals surface area contributed by atoms with Gasteiger partial charge in [-0.1, -0.05) is 18.0 Å². The van der Waals surface area contributed by atoms with Gasteiger partial charge in [-0.15, -0.1) is 11.3 Å². The van der Waals surface area contributed by atoms with E-state index in [4.69, 9.17) is 21.4 Å². The maximum atomic E-state index is 11.0. The maximum Gasteiger partial charge on any atom is 0.355 e. The van der Waals surface area contributed by atoms with Crippen LogP contribution in [0.4, 0.5) is 0 Å². The summed E-state index contributed by atoms with van der Waals surface area (Å²) >= 11 is 7.36. The third kappa shape index (κ3) is 4.26. The van der Waals surface area contributed by atoms with Crippen LogP contribution in [0, 0.1) is 0 Å². The molecule has 1 N–H and O–H groups in total. The number of carbonyl (C=O) groups is 1. The number of piperidine rings is 1. The molecule has 1 fully saturated rings. The normalized spacial score (nSPS) is 15.4. The molecule has 2 aromatic rings. The van der Waals surface area contributed by atoms with Gasteiger partial charge >= 0.3 is 5.97 Å². The number of carboxylic acids is 1. The van der Waals surface area contributed by atoms with Crippen molar-refractivity contribution in [1.82, 2.24) is 9.88 Å². The number of rotatable bonds is 6. The van der Waals surface area contributed by atoms with Crippen molar-refractivity contribution in [2.75, 3.05) is 26.2 Å². The van der Waals surface area contributed by atoms with Crippen molar-refractivity contribution >= 4 is 28.9 Å². The molecule has 0 spiro atoms. The van der Waals surface area contributed by atoms with Gasteiger partial charge < -0.3 is 9.84 Å². The van der Waals surface area contributed by atoms with Crippen molar-refractivity contribution < 1.29 is 14.6 Å². The average molecular weight is 367 g/mol. The maximum absolute atomic E-state index is 11.0. The lowest BCUT2D eigenvalue weighted by molar-refractivity contribution is 0.0691. The molecule has 5 nitrogen and oxygen atoms in total. The first kappa shape index (κ1) is 17.2. The SMILES string of the molecule is O=C(O)c1csc(-c2cc(Cl)ccc2OCCN2CCCCC2)n1. The van der Waals surface area contributed by atoms with Crippen LogP contribution in [0.2, 0.25) is 5.02 Å². The number of likely N-dealkylation sites (tertiary alicyclic amines) is 1. The van der Waals surface area contributed by atoms with E-state index in [0.29, 0.717) is 22.4 Å². The molecule has 0 atom stereocenters. The number of aromatic nitrogens is 1. The van der Waals surface area contributed by atoms with Gasteiger partial charge in [-0.05, 0) is 44.1 Å². The Morgan fingerprint density at radius 3 is 2.83 bits per heavy atom. The Balaban J connectivity index is 1.71. The number of hydrogen-bond donors (Lipinski definition) is 1. The van der Waals surface area contributed by atoms with Gasteiger partial charge in [0.2, 0.25) is 0 Å². The van der Waals surface area contributed by atoms with Crippen LogP contribution < -0.4 is 4.74 Å². The molecule has 0 radical (unpaired) electrons. The summed E-state index contributed by atoms with van der Waals surface area (Å²) in [6.45, 7) is 3.74. The highest BCUT2D eigenvalue weighted by molar-refractivity contribution is 7.13. The van der Waals surface area contributed by atoms with E-state index < -0.39 is 5.97 Å². The van der Waals surface area contributed by atoms with Crippen molar-refractivity contribution in [3.63, 3.8) is 0 Å². The fourth-order valence-electron chi connectivity index (χ4n) is 2.76. The lowest BCUT2D eigenvalue weighted by Gasteiger charge is -2.26. The number of carboxylic acid groups (broad SMARTS) is 1. The first-order chi connectivity index (χ1) is 11.6. The summed E-state index contributed by atoms with van der Waals surface area (Å²) in [5, 5.41) is 11.7. The van der Waals surface area contributed by atoms with Gasteiger partial charge in [-0.25, -0.2) is 9.78 Å². The molecule has 0 aliphatic carbocycles. The van der Waals surface area contributed by atoms with Gasteiger partial charge in [0.05, 0.1) is 5.56 Å². The predicted molar refractivity (Wildman–Crippen MR) is 95.3 cm³/mol. The topological polar surface area (TPSA) is 62.7 Å². The van der Waals surface area contributed by atoms with Gasteiger partial charge in [0.25, 0.3) is 0 Å². The highest BCUT2D eigenvalue weighted by Gasteiger charge is 2.15. The Morgan fingerprint density at radius 1 is 1.33 bits per heavy atom. The molecule has 7 heteroatoms. The number of thiazole rings is 1. The number of ether oxygens (including phenoxy) is 1. The zero-order valence-corrected chi connectivity index (χ0v) is 14.8. The minimum atomic E-state index is -1.04. The van der Waals surface area contributed by atoms with E-state index in [1.165, 1.54) is 36.0 Å². The fourth-order valence-corrected chi connectivity index (χ4v) is 3.75. The molecular weight excluding hydrogens is 348 g/mol. The summed E-state index contributed by atoms with van der Waals surface area (Å²) in [5.41, 5.74) is 0.771. The van der Waals surface area contributed by atoms with Gasteiger partial charge in [-0.3, -0.25) is 4.90 Å². The van der Waals surface area contributed by atoms with Crippen LogP contribution in [0.5, 0.6) is 5.75 Å². The van der Waals surface area contributed by atoms with E-state index >= 15 is 0 Å². The van der Waals surface area contributed by atoms with Crippen LogP contribution in [-0.2, 0) is 0 Å². The number of hydrogen-bond acceptors (Lipinski definition) is 5. The second kappa shape index (κ2) is 7.96. The minimum absolute atomic E-state index is 0.0363. The Labute approximate surface area is 149 Å². The zero-order chi connectivity index (χ0) is 16.9. The predicted octanol–water partition coefficient (Wildman–Crippen LogP) is 4.03. The molecule has 0 amide bonds. The summed E-state index contributed by atoms with van der Waals surface area (Å²) in [4.78, 5) is 17.6. The quantitative estimate of drug-likeness (QED) is 0.836. The van der Waals surface area contributed by atoms with Gasteiger partial charge in [0.1, 0.15) is 17.4 Å².